The Labute approximate surface area is 148 Å². The van der Waals surface area contributed by atoms with E-state index in [-0.39, 0.29) is 12.4 Å². The van der Waals surface area contributed by atoms with Gasteiger partial charge in [-0.05, 0) is 12.1 Å². The van der Waals surface area contributed by atoms with Crippen LogP contribution in [0.3, 0.4) is 0 Å². The van der Waals surface area contributed by atoms with Crippen molar-refractivity contribution in [2.24, 2.45) is 0 Å². The molecule has 2 aromatic heterocycles. The minimum atomic E-state index is -1.19. The van der Waals surface area contributed by atoms with Crippen molar-refractivity contribution in [3.8, 4) is 5.75 Å². The monoisotopic (exact) mass is 358 g/mol. The summed E-state index contributed by atoms with van der Waals surface area (Å²) in [6.45, 7) is 0.0205. The van der Waals surface area contributed by atoms with Crippen molar-refractivity contribution < 1.29 is 19.7 Å². The highest BCUT2D eigenvalue weighted by atomic mass is 16.6. The number of fused-ring (bicyclic) bond motifs is 1. The van der Waals surface area contributed by atoms with Gasteiger partial charge in [-0.2, -0.15) is 0 Å². The molecule has 1 aliphatic rings. The van der Waals surface area contributed by atoms with Gasteiger partial charge in [0.25, 0.3) is 0 Å². The maximum Gasteiger partial charge on any atom is 0.167 e. The smallest absolute Gasteiger partial charge is 0.167 e. The number of nitrogens with two attached hydrogens (primary N) is 2. The van der Waals surface area contributed by atoms with Crippen molar-refractivity contribution in [1.82, 2.24) is 19.5 Å². The Morgan fingerprint density at radius 1 is 1.12 bits per heavy atom. The number of benzene rings is 1. The van der Waals surface area contributed by atoms with Gasteiger partial charge in [-0.1, -0.05) is 12.1 Å². The number of anilines is 2. The van der Waals surface area contributed by atoms with Gasteiger partial charge in [0, 0.05) is 0 Å². The molecule has 1 aliphatic heterocycles. The van der Waals surface area contributed by atoms with Crippen molar-refractivity contribution in [2.75, 3.05) is 18.1 Å². The number of rotatable bonds is 4. The van der Waals surface area contributed by atoms with E-state index in [9.17, 15) is 10.2 Å². The molecule has 3 heterocycles. The van der Waals surface area contributed by atoms with Gasteiger partial charge in [-0.3, -0.25) is 4.57 Å². The molecule has 0 bridgehead atoms. The third-order valence-electron chi connectivity index (χ3n) is 4.32. The van der Waals surface area contributed by atoms with E-state index in [0.29, 0.717) is 22.6 Å². The maximum absolute atomic E-state index is 10.4. The first kappa shape index (κ1) is 16.5. The minimum absolute atomic E-state index is 0.0205. The number of aromatic nitrogens is 4. The van der Waals surface area contributed by atoms with Gasteiger partial charge in [-0.25, -0.2) is 15.0 Å². The molecule has 10 heteroatoms. The lowest BCUT2D eigenvalue weighted by atomic mass is 10.1. The fraction of sp³-hybridized carbons (Fsp3) is 0.312. The standard InChI is InChI=1S/C16H18N6O4/c17-8-3-1-2-4-9(8)25-5-10-12(23)13(24)16(26-10)22-7-21-11-14(18)19-6-20-15(11)22/h1-4,6-7,10,12-13,16,23-24H,5,17H2,(H2,18,19,20)/t10-,12-,13-,16-/m1/s1. The molecule has 0 spiro atoms. The average Bonchev–Trinajstić information content (AvgIpc) is 3.18. The third-order valence-corrected chi connectivity index (χ3v) is 4.32. The predicted octanol–water partition coefficient (Wildman–Crippen LogP) is -0.311. The molecule has 26 heavy (non-hydrogen) atoms. The zero-order chi connectivity index (χ0) is 18.3. The topological polar surface area (TPSA) is 155 Å². The van der Waals surface area contributed by atoms with Crippen molar-refractivity contribution in [2.45, 2.75) is 24.5 Å². The van der Waals surface area contributed by atoms with Crippen LogP contribution in [-0.2, 0) is 4.74 Å². The molecule has 136 valence electrons. The lowest BCUT2D eigenvalue weighted by molar-refractivity contribution is -0.0473. The van der Waals surface area contributed by atoms with Crippen LogP contribution in [0.15, 0.2) is 36.9 Å². The highest BCUT2D eigenvalue weighted by Crippen LogP contribution is 2.32. The number of hydrogen-bond acceptors (Lipinski definition) is 9. The first-order valence-corrected chi connectivity index (χ1v) is 7.98. The largest absolute Gasteiger partial charge is 0.489 e. The van der Waals surface area contributed by atoms with E-state index in [1.807, 2.05) is 0 Å². The van der Waals surface area contributed by atoms with Crippen LogP contribution >= 0.6 is 0 Å². The van der Waals surface area contributed by atoms with E-state index < -0.39 is 24.5 Å². The highest BCUT2D eigenvalue weighted by Gasteiger charge is 2.44. The Morgan fingerprint density at radius 2 is 1.92 bits per heavy atom. The lowest BCUT2D eigenvalue weighted by Gasteiger charge is -2.17. The number of nitrogen functional groups attached to an aromatic ring is 2. The second-order valence-corrected chi connectivity index (χ2v) is 5.98. The normalized spacial score (nSPS) is 25.6. The number of para-hydroxylation sites is 2. The second kappa shape index (κ2) is 6.41. The van der Waals surface area contributed by atoms with Crippen LogP contribution in [0.25, 0.3) is 11.2 Å². The van der Waals surface area contributed by atoms with Crippen LogP contribution in [0.5, 0.6) is 5.75 Å². The molecule has 6 N–H and O–H groups in total. The molecular weight excluding hydrogens is 340 g/mol. The van der Waals surface area contributed by atoms with Gasteiger partial charge >= 0.3 is 0 Å². The lowest BCUT2D eigenvalue weighted by Crippen LogP contribution is -2.34. The van der Waals surface area contributed by atoms with Crippen LogP contribution in [0, 0.1) is 0 Å². The molecule has 0 unspecified atom stereocenters. The molecule has 1 aromatic carbocycles. The summed E-state index contributed by atoms with van der Waals surface area (Å²) in [5.74, 6) is 0.705. The molecule has 0 amide bonds. The van der Waals surface area contributed by atoms with Crippen LogP contribution in [0.2, 0.25) is 0 Å². The van der Waals surface area contributed by atoms with Crippen LogP contribution < -0.4 is 16.2 Å². The van der Waals surface area contributed by atoms with Gasteiger partial charge in [0.2, 0.25) is 0 Å². The van der Waals surface area contributed by atoms with E-state index in [2.05, 4.69) is 15.0 Å². The molecule has 0 aliphatic carbocycles. The summed E-state index contributed by atoms with van der Waals surface area (Å²) in [5, 5.41) is 20.7. The summed E-state index contributed by atoms with van der Waals surface area (Å²) in [7, 11) is 0. The molecule has 10 nitrogen and oxygen atoms in total. The van der Waals surface area contributed by atoms with E-state index in [4.69, 9.17) is 20.9 Å². The van der Waals surface area contributed by atoms with Crippen molar-refractivity contribution >= 4 is 22.7 Å². The Morgan fingerprint density at radius 3 is 2.73 bits per heavy atom. The number of aliphatic hydroxyl groups is 2. The Hall–Kier alpha value is -2.95. The van der Waals surface area contributed by atoms with Crippen molar-refractivity contribution in [3.05, 3.63) is 36.9 Å². The van der Waals surface area contributed by atoms with Gasteiger partial charge < -0.3 is 31.2 Å². The van der Waals surface area contributed by atoms with Crippen molar-refractivity contribution in [3.63, 3.8) is 0 Å². The SMILES string of the molecule is Nc1ccccc1OC[C@H]1O[C@@H](n2cnc3c(N)ncnc32)[C@H](O)[C@@H]1O. The van der Waals surface area contributed by atoms with E-state index >= 15 is 0 Å². The van der Waals surface area contributed by atoms with Gasteiger partial charge in [0.1, 0.15) is 42.5 Å². The molecule has 1 fully saturated rings. The summed E-state index contributed by atoms with van der Waals surface area (Å²) in [6.07, 6.45) is -1.25. The zero-order valence-corrected chi connectivity index (χ0v) is 13.6. The van der Waals surface area contributed by atoms with Crippen LogP contribution in [0.1, 0.15) is 6.23 Å². The first-order valence-electron chi connectivity index (χ1n) is 7.98. The zero-order valence-electron chi connectivity index (χ0n) is 13.6. The minimum Gasteiger partial charge on any atom is -0.489 e. The van der Waals surface area contributed by atoms with E-state index in [0.717, 1.165) is 0 Å². The third kappa shape index (κ3) is 2.69. The highest BCUT2D eigenvalue weighted by molar-refractivity contribution is 5.81. The summed E-state index contributed by atoms with van der Waals surface area (Å²) >= 11 is 0. The van der Waals surface area contributed by atoms with E-state index in [1.54, 1.807) is 24.3 Å². The Kier molecular flexibility index (Phi) is 4.07. The van der Waals surface area contributed by atoms with Crippen LogP contribution in [0.4, 0.5) is 11.5 Å². The molecule has 0 saturated carbocycles. The number of aliphatic hydroxyl groups excluding tert-OH is 2. The maximum atomic E-state index is 10.4. The summed E-state index contributed by atoms with van der Waals surface area (Å²) < 4.78 is 12.9. The van der Waals surface area contributed by atoms with Gasteiger partial charge in [0.05, 0.1) is 12.0 Å². The quantitative estimate of drug-likeness (QED) is 0.460. The number of imidazole rings is 1. The van der Waals surface area contributed by atoms with Crippen LogP contribution in [-0.4, -0.2) is 54.7 Å². The molecule has 3 aromatic rings. The number of ether oxygens (including phenoxy) is 2. The molecular formula is C16H18N6O4. The summed E-state index contributed by atoms with van der Waals surface area (Å²) in [5.41, 5.74) is 12.9. The molecule has 4 atom stereocenters. The Bertz CT molecular complexity index is 932. The fourth-order valence-corrected chi connectivity index (χ4v) is 2.94. The predicted molar refractivity (Wildman–Crippen MR) is 92.0 cm³/mol. The first-order chi connectivity index (χ1) is 12.6. The van der Waals surface area contributed by atoms with Crippen molar-refractivity contribution in [1.29, 1.82) is 0 Å². The van der Waals surface area contributed by atoms with Gasteiger partial charge in [0.15, 0.2) is 17.7 Å². The molecule has 1 saturated heterocycles. The number of hydrogen-bond donors (Lipinski definition) is 4. The Balaban J connectivity index is 1.54. The fourth-order valence-electron chi connectivity index (χ4n) is 2.94. The summed E-state index contributed by atoms with van der Waals surface area (Å²) in [4.78, 5) is 12.1. The molecule has 0 radical (unpaired) electrons. The average molecular weight is 358 g/mol. The van der Waals surface area contributed by atoms with E-state index in [1.165, 1.54) is 17.2 Å². The number of nitrogens with zero attached hydrogens (tertiary/aromatic N) is 4. The summed E-state index contributed by atoms with van der Waals surface area (Å²) in [6, 6.07) is 7.01. The second-order valence-electron chi connectivity index (χ2n) is 5.98. The molecule has 4 rings (SSSR count). The van der Waals surface area contributed by atoms with Gasteiger partial charge in [-0.15, -0.1) is 0 Å².